The number of hydrogen-bond donors (Lipinski definition) is 3. The van der Waals surface area contributed by atoms with E-state index in [1.807, 2.05) is 0 Å². The molecular weight excluding hydrogens is 270 g/mol. The highest BCUT2D eigenvalue weighted by atomic mass is 14.9. The van der Waals surface area contributed by atoms with Crippen LogP contribution in [-0.4, -0.2) is 19.6 Å². The summed E-state index contributed by atoms with van der Waals surface area (Å²) in [6.07, 6.45) is 10.3. The second-order valence-corrected chi connectivity index (χ2v) is 6.21. The van der Waals surface area contributed by atoms with Crippen molar-refractivity contribution in [1.29, 1.82) is 0 Å². The molecule has 1 atom stereocenters. The lowest BCUT2D eigenvalue weighted by Crippen LogP contribution is -2.28. The van der Waals surface area contributed by atoms with Gasteiger partial charge in [0.25, 0.3) is 0 Å². The molecule has 0 aliphatic heterocycles. The molecule has 126 valence electrons. The zero-order valence-corrected chi connectivity index (χ0v) is 14.3. The second kappa shape index (κ2) is 12.6. The highest BCUT2D eigenvalue weighted by Crippen LogP contribution is 2.14. The van der Waals surface area contributed by atoms with Crippen molar-refractivity contribution in [1.82, 2.24) is 5.32 Å². The Morgan fingerprint density at radius 3 is 2.32 bits per heavy atom. The van der Waals surface area contributed by atoms with Gasteiger partial charge in [-0.2, -0.15) is 0 Å². The zero-order chi connectivity index (χ0) is 16.0. The third-order valence-corrected chi connectivity index (χ3v) is 4.15. The minimum atomic E-state index is 0.0702. The largest absolute Gasteiger partial charge is 0.330 e. The van der Waals surface area contributed by atoms with Gasteiger partial charge in [-0.25, -0.2) is 0 Å². The number of benzene rings is 1. The molecule has 0 fully saturated rings. The summed E-state index contributed by atoms with van der Waals surface area (Å²) < 4.78 is 0. The van der Waals surface area contributed by atoms with Crippen LogP contribution in [0.2, 0.25) is 0 Å². The summed E-state index contributed by atoms with van der Waals surface area (Å²) in [5, 5.41) is 3.35. The summed E-state index contributed by atoms with van der Waals surface area (Å²) in [4.78, 5) is 0. The lowest BCUT2D eigenvalue weighted by Gasteiger charge is -2.13. The van der Waals surface area contributed by atoms with E-state index in [1.165, 1.54) is 56.1 Å². The number of aryl methyl sites for hydroxylation is 1. The Bertz CT molecular complexity index is 361. The Morgan fingerprint density at radius 2 is 1.64 bits per heavy atom. The van der Waals surface area contributed by atoms with Gasteiger partial charge in [0.1, 0.15) is 0 Å². The standard InChI is InChI=1S/C19H35N3/c1-2-3-4-5-6-7-9-17-10-12-18(13-11-17)19(21)16-22-15-8-14-20/h10-13,19,22H,2-9,14-16,20-21H2,1H3. The van der Waals surface area contributed by atoms with Crippen LogP contribution in [0.5, 0.6) is 0 Å². The molecular formula is C19H35N3. The molecule has 0 amide bonds. The van der Waals surface area contributed by atoms with Gasteiger partial charge in [-0.1, -0.05) is 63.3 Å². The van der Waals surface area contributed by atoms with Gasteiger partial charge >= 0.3 is 0 Å². The molecule has 5 N–H and O–H groups in total. The van der Waals surface area contributed by atoms with E-state index in [0.29, 0.717) is 0 Å². The van der Waals surface area contributed by atoms with Crippen molar-refractivity contribution in [2.24, 2.45) is 11.5 Å². The maximum absolute atomic E-state index is 6.20. The van der Waals surface area contributed by atoms with Crippen LogP contribution in [0.1, 0.15) is 69.0 Å². The molecule has 0 bridgehead atoms. The monoisotopic (exact) mass is 305 g/mol. The predicted octanol–water partition coefficient (Wildman–Crippen LogP) is 3.53. The fourth-order valence-electron chi connectivity index (χ4n) is 2.64. The highest BCUT2D eigenvalue weighted by Gasteiger charge is 2.05. The van der Waals surface area contributed by atoms with Crippen molar-refractivity contribution >= 4 is 0 Å². The molecule has 1 aromatic rings. The Balaban J connectivity index is 2.21. The van der Waals surface area contributed by atoms with Gasteiger partial charge in [-0.15, -0.1) is 0 Å². The van der Waals surface area contributed by atoms with Gasteiger partial charge in [0, 0.05) is 12.6 Å². The van der Waals surface area contributed by atoms with Gasteiger partial charge < -0.3 is 16.8 Å². The van der Waals surface area contributed by atoms with Crippen LogP contribution in [0.15, 0.2) is 24.3 Å². The molecule has 0 radical (unpaired) electrons. The van der Waals surface area contributed by atoms with Crippen molar-refractivity contribution in [3.8, 4) is 0 Å². The van der Waals surface area contributed by atoms with Gasteiger partial charge in [-0.3, -0.25) is 0 Å². The molecule has 3 heteroatoms. The smallest absolute Gasteiger partial charge is 0.0421 e. The number of nitrogens with two attached hydrogens (primary N) is 2. The van der Waals surface area contributed by atoms with Gasteiger partial charge in [0.2, 0.25) is 0 Å². The van der Waals surface area contributed by atoms with Gasteiger partial charge in [-0.05, 0) is 43.5 Å². The third-order valence-electron chi connectivity index (χ3n) is 4.15. The predicted molar refractivity (Wildman–Crippen MR) is 97.0 cm³/mol. The molecule has 1 unspecified atom stereocenters. The zero-order valence-electron chi connectivity index (χ0n) is 14.3. The molecule has 0 saturated heterocycles. The van der Waals surface area contributed by atoms with Crippen LogP contribution in [0, 0.1) is 0 Å². The van der Waals surface area contributed by atoms with E-state index < -0.39 is 0 Å². The van der Waals surface area contributed by atoms with Crippen LogP contribution < -0.4 is 16.8 Å². The summed E-state index contributed by atoms with van der Waals surface area (Å²) in [5.74, 6) is 0. The molecule has 1 aromatic carbocycles. The van der Waals surface area contributed by atoms with Crippen LogP contribution >= 0.6 is 0 Å². The second-order valence-electron chi connectivity index (χ2n) is 6.21. The van der Waals surface area contributed by atoms with E-state index in [2.05, 4.69) is 36.5 Å². The van der Waals surface area contributed by atoms with Crippen molar-refractivity contribution < 1.29 is 0 Å². The first-order valence-corrected chi connectivity index (χ1v) is 9.03. The molecule has 1 rings (SSSR count). The third kappa shape index (κ3) is 8.52. The summed E-state index contributed by atoms with van der Waals surface area (Å²) in [5.41, 5.74) is 14.3. The average Bonchev–Trinajstić information content (AvgIpc) is 2.55. The van der Waals surface area contributed by atoms with Crippen LogP contribution in [-0.2, 0) is 6.42 Å². The minimum Gasteiger partial charge on any atom is -0.330 e. The van der Waals surface area contributed by atoms with E-state index in [1.54, 1.807) is 0 Å². The van der Waals surface area contributed by atoms with E-state index in [9.17, 15) is 0 Å². The Kier molecular flexibility index (Phi) is 11.0. The molecule has 0 aromatic heterocycles. The normalized spacial score (nSPS) is 12.5. The average molecular weight is 306 g/mol. The summed E-state index contributed by atoms with van der Waals surface area (Å²) in [6, 6.07) is 8.91. The molecule has 0 heterocycles. The first-order chi connectivity index (χ1) is 10.8. The van der Waals surface area contributed by atoms with Crippen LogP contribution in [0.3, 0.4) is 0 Å². The number of rotatable bonds is 13. The Morgan fingerprint density at radius 1 is 0.955 bits per heavy atom. The van der Waals surface area contributed by atoms with Crippen LogP contribution in [0.4, 0.5) is 0 Å². The summed E-state index contributed by atoms with van der Waals surface area (Å²) >= 11 is 0. The van der Waals surface area contributed by atoms with Gasteiger partial charge in [0.15, 0.2) is 0 Å². The van der Waals surface area contributed by atoms with Crippen LogP contribution in [0.25, 0.3) is 0 Å². The Hall–Kier alpha value is -0.900. The first kappa shape index (κ1) is 19.1. The molecule has 0 spiro atoms. The van der Waals surface area contributed by atoms with E-state index in [-0.39, 0.29) is 6.04 Å². The summed E-state index contributed by atoms with van der Waals surface area (Å²) in [6.45, 7) is 4.76. The van der Waals surface area contributed by atoms with Crippen molar-refractivity contribution in [2.45, 2.75) is 64.3 Å². The molecule has 22 heavy (non-hydrogen) atoms. The lowest BCUT2D eigenvalue weighted by molar-refractivity contribution is 0.585. The number of hydrogen-bond acceptors (Lipinski definition) is 3. The molecule has 0 aliphatic carbocycles. The topological polar surface area (TPSA) is 64.1 Å². The minimum absolute atomic E-state index is 0.0702. The number of unbranched alkanes of at least 4 members (excludes halogenated alkanes) is 5. The van der Waals surface area contributed by atoms with E-state index in [4.69, 9.17) is 11.5 Å². The quantitative estimate of drug-likeness (QED) is 0.489. The van der Waals surface area contributed by atoms with Crippen molar-refractivity contribution in [3.05, 3.63) is 35.4 Å². The Labute approximate surface area is 136 Å². The van der Waals surface area contributed by atoms with Crippen molar-refractivity contribution in [2.75, 3.05) is 19.6 Å². The maximum atomic E-state index is 6.20. The van der Waals surface area contributed by atoms with E-state index in [0.717, 1.165) is 26.1 Å². The molecule has 3 nitrogen and oxygen atoms in total. The first-order valence-electron chi connectivity index (χ1n) is 9.03. The maximum Gasteiger partial charge on any atom is 0.0421 e. The highest BCUT2D eigenvalue weighted by molar-refractivity contribution is 5.25. The fourth-order valence-corrected chi connectivity index (χ4v) is 2.64. The number of nitrogens with one attached hydrogen (secondary N) is 1. The van der Waals surface area contributed by atoms with Crippen molar-refractivity contribution in [3.63, 3.8) is 0 Å². The fraction of sp³-hybridized carbons (Fsp3) is 0.684. The molecule has 0 saturated carbocycles. The molecule has 0 aliphatic rings. The SMILES string of the molecule is CCCCCCCCc1ccc(C(N)CNCCCN)cc1. The van der Waals surface area contributed by atoms with E-state index >= 15 is 0 Å². The summed E-state index contributed by atoms with van der Waals surface area (Å²) in [7, 11) is 0. The van der Waals surface area contributed by atoms with Gasteiger partial charge in [0.05, 0.1) is 0 Å². The lowest BCUT2D eigenvalue weighted by atomic mass is 10.0.